The van der Waals surface area contributed by atoms with Gasteiger partial charge in [0.2, 0.25) is 15.9 Å². The number of nitrogens with one attached hydrogen (secondary N) is 1. The summed E-state index contributed by atoms with van der Waals surface area (Å²) < 4.78 is 30.2. The van der Waals surface area contributed by atoms with Crippen LogP contribution in [-0.4, -0.2) is 31.8 Å². The van der Waals surface area contributed by atoms with Crippen LogP contribution in [0.25, 0.3) is 11.1 Å². The number of sulfonamides is 1. The van der Waals surface area contributed by atoms with Crippen LogP contribution in [0.4, 0.5) is 0 Å². The Bertz CT molecular complexity index is 1280. The zero-order chi connectivity index (χ0) is 22.7. The molecular formula is C24H23N4O3S+. The first-order chi connectivity index (χ1) is 15.4. The van der Waals surface area contributed by atoms with Crippen molar-refractivity contribution in [3.05, 3.63) is 84.2 Å². The topological polar surface area (TPSA) is 94.2 Å². The molecule has 0 spiro atoms. The standard InChI is InChI=1S/C24H23N4O3S/c1-27-12-9-21(10-13-27)20-5-7-22(8-6-20)32(30,31)26-23-11-14-28(24(23)29)17-19-4-2-3-18(15-19)16-25/h2-10,12-13,15,23,26H,11,14,17H2,1H3/q+1/t23-/m0/s1. The number of carbonyl (C=O) groups excluding carboxylic acids is 1. The third-order valence-corrected chi connectivity index (χ3v) is 6.99. The molecule has 0 saturated carbocycles. The molecular weight excluding hydrogens is 424 g/mol. The summed E-state index contributed by atoms with van der Waals surface area (Å²) in [6.07, 6.45) is 4.25. The highest BCUT2D eigenvalue weighted by atomic mass is 32.2. The van der Waals surface area contributed by atoms with Gasteiger partial charge in [0, 0.05) is 25.2 Å². The second-order valence-corrected chi connectivity index (χ2v) is 9.53. The van der Waals surface area contributed by atoms with Gasteiger partial charge in [0.05, 0.1) is 16.5 Å². The Morgan fingerprint density at radius 1 is 1.09 bits per heavy atom. The van der Waals surface area contributed by atoms with Crippen LogP contribution in [-0.2, 0) is 28.4 Å². The van der Waals surface area contributed by atoms with Gasteiger partial charge in [0.15, 0.2) is 12.4 Å². The zero-order valence-corrected chi connectivity index (χ0v) is 18.4. The Labute approximate surface area is 187 Å². The quantitative estimate of drug-likeness (QED) is 0.586. The van der Waals surface area contributed by atoms with Gasteiger partial charge in [-0.3, -0.25) is 4.79 Å². The van der Waals surface area contributed by atoms with Gasteiger partial charge in [-0.25, -0.2) is 13.0 Å². The lowest BCUT2D eigenvalue weighted by Gasteiger charge is -2.17. The molecule has 2 aromatic carbocycles. The lowest BCUT2D eigenvalue weighted by Crippen LogP contribution is -2.41. The summed E-state index contributed by atoms with van der Waals surface area (Å²) in [5.74, 6) is -0.260. The Morgan fingerprint density at radius 2 is 1.78 bits per heavy atom. The van der Waals surface area contributed by atoms with Crippen LogP contribution >= 0.6 is 0 Å². The molecule has 1 amide bonds. The highest BCUT2D eigenvalue weighted by Gasteiger charge is 2.34. The molecule has 4 rings (SSSR count). The summed E-state index contributed by atoms with van der Waals surface area (Å²) in [5.41, 5.74) is 3.26. The maximum absolute atomic E-state index is 12.9. The smallest absolute Gasteiger partial charge is 0.241 e. The number of aromatic nitrogens is 1. The first kappa shape index (κ1) is 21.7. The second-order valence-electron chi connectivity index (χ2n) is 7.81. The van der Waals surface area contributed by atoms with Crippen molar-refractivity contribution in [2.24, 2.45) is 7.05 Å². The normalized spacial score (nSPS) is 16.2. The van der Waals surface area contributed by atoms with Gasteiger partial charge in [-0.15, -0.1) is 0 Å². The van der Waals surface area contributed by atoms with E-state index < -0.39 is 16.1 Å². The number of pyridine rings is 1. The molecule has 8 heteroatoms. The maximum atomic E-state index is 12.9. The van der Waals surface area contributed by atoms with Gasteiger partial charge in [0.25, 0.3) is 0 Å². The minimum Gasteiger partial charge on any atom is -0.337 e. The molecule has 1 saturated heterocycles. The van der Waals surface area contributed by atoms with E-state index in [1.165, 1.54) is 0 Å². The fourth-order valence-electron chi connectivity index (χ4n) is 3.74. The third-order valence-electron chi connectivity index (χ3n) is 5.50. The van der Waals surface area contributed by atoms with Crippen molar-refractivity contribution in [1.29, 1.82) is 5.26 Å². The van der Waals surface area contributed by atoms with Crippen LogP contribution in [0, 0.1) is 11.3 Å². The number of carbonyl (C=O) groups is 1. The molecule has 0 unspecified atom stereocenters. The monoisotopic (exact) mass is 447 g/mol. The largest absolute Gasteiger partial charge is 0.337 e. The molecule has 32 heavy (non-hydrogen) atoms. The van der Waals surface area contributed by atoms with Crippen LogP contribution in [0.2, 0.25) is 0 Å². The second kappa shape index (κ2) is 8.91. The van der Waals surface area contributed by atoms with Crippen LogP contribution in [0.5, 0.6) is 0 Å². The highest BCUT2D eigenvalue weighted by Crippen LogP contribution is 2.22. The van der Waals surface area contributed by atoms with Crippen LogP contribution in [0.15, 0.2) is 78.0 Å². The van der Waals surface area contributed by atoms with E-state index in [9.17, 15) is 13.2 Å². The Hall–Kier alpha value is -3.54. The van der Waals surface area contributed by atoms with E-state index in [1.54, 1.807) is 47.4 Å². The van der Waals surface area contributed by atoms with Crippen molar-refractivity contribution in [1.82, 2.24) is 9.62 Å². The lowest BCUT2D eigenvalue weighted by molar-refractivity contribution is -0.671. The molecule has 1 N–H and O–H groups in total. The zero-order valence-electron chi connectivity index (χ0n) is 17.6. The minimum atomic E-state index is -3.83. The highest BCUT2D eigenvalue weighted by molar-refractivity contribution is 7.89. The summed E-state index contributed by atoms with van der Waals surface area (Å²) >= 11 is 0. The predicted molar refractivity (Wildman–Crippen MR) is 118 cm³/mol. The fourth-order valence-corrected chi connectivity index (χ4v) is 4.96. The summed E-state index contributed by atoms with van der Waals surface area (Å²) in [4.78, 5) is 14.5. The lowest BCUT2D eigenvalue weighted by atomic mass is 10.1. The molecule has 1 aliphatic heterocycles. The SMILES string of the molecule is C[n+]1ccc(-c2ccc(S(=O)(=O)N[C@H]3CCN(Cc4cccc(C#N)c4)C3=O)cc2)cc1. The van der Waals surface area contributed by atoms with E-state index in [-0.39, 0.29) is 10.8 Å². The van der Waals surface area contributed by atoms with Gasteiger partial charge in [-0.05, 0) is 47.4 Å². The first-order valence-corrected chi connectivity index (χ1v) is 11.7. The van der Waals surface area contributed by atoms with E-state index in [2.05, 4.69) is 10.8 Å². The first-order valence-electron chi connectivity index (χ1n) is 10.2. The number of aryl methyl sites for hydroxylation is 1. The number of benzene rings is 2. The van der Waals surface area contributed by atoms with Crippen molar-refractivity contribution < 1.29 is 17.8 Å². The van der Waals surface area contributed by atoms with Gasteiger partial charge in [-0.2, -0.15) is 9.98 Å². The van der Waals surface area contributed by atoms with E-state index in [0.717, 1.165) is 16.7 Å². The molecule has 162 valence electrons. The molecule has 2 heterocycles. The third kappa shape index (κ3) is 4.69. The number of hydrogen-bond acceptors (Lipinski definition) is 4. The fraction of sp³-hybridized carbons (Fsp3) is 0.208. The van der Waals surface area contributed by atoms with E-state index in [4.69, 9.17) is 5.26 Å². The number of rotatable bonds is 6. The predicted octanol–water partition coefficient (Wildman–Crippen LogP) is 2.13. The average Bonchev–Trinajstić information content (AvgIpc) is 3.13. The molecule has 1 aliphatic rings. The van der Waals surface area contributed by atoms with Crippen molar-refractivity contribution in [2.75, 3.05) is 6.54 Å². The van der Waals surface area contributed by atoms with Crippen molar-refractivity contribution in [3.8, 4) is 17.2 Å². The molecule has 1 aromatic heterocycles. The molecule has 7 nitrogen and oxygen atoms in total. The van der Waals surface area contributed by atoms with E-state index in [0.29, 0.717) is 25.1 Å². The summed E-state index contributed by atoms with van der Waals surface area (Å²) in [6.45, 7) is 0.795. The van der Waals surface area contributed by atoms with Crippen molar-refractivity contribution >= 4 is 15.9 Å². The van der Waals surface area contributed by atoms with Gasteiger partial charge >= 0.3 is 0 Å². The van der Waals surface area contributed by atoms with Gasteiger partial charge in [-0.1, -0.05) is 24.3 Å². The number of hydrogen-bond donors (Lipinski definition) is 1. The minimum absolute atomic E-state index is 0.121. The molecule has 0 aliphatic carbocycles. The van der Waals surface area contributed by atoms with Crippen molar-refractivity contribution in [2.45, 2.75) is 23.9 Å². The van der Waals surface area contributed by atoms with E-state index >= 15 is 0 Å². The van der Waals surface area contributed by atoms with Crippen molar-refractivity contribution in [3.63, 3.8) is 0 Å². The molecule has 0 radical (unpaired) electrons. The molecule has 0 bridgehead atoms. The Morgan fingerprint density at radius 3 is 2.47 bits per heavy atom. The maximum Gasteiger partial charge on any atom is 0.241 e. The summed E-state index contributed by atoms with van der Waals surface area (Å²) in [5, 5.41) is 9.04. The van der Waals surface area contributed by atoms with Crippen LogP contribution in [0.3, 0.4) is 0 Å². The molecule has 3 aromatic rings. The van der Waals surface area contributed by atoms with Gasteiger partial charge < -0.3 is 4.90 Å². The van der Waals surface area contributed by atoms with Crippen LogP contribution < -0.4 is 9.29 Å². The Kier molecular flexibility index (Phi) is 6.04. The number of likely N-dealkylation sites (tertiary alicyclic amines) is 1. The average molecular weight is 448 g/mol. The number of nitrogens with zero attached hydrogens (tertiary/aromatic N) is 3. The Balaban J connectivity index is 1.43. The van der Waals surface area contributed by atoms with Crippen LogP contribution in [0.1, 0.15) is 17.5 Å². The summed E-state index contributed by atoms with van der Waals surface area (Å²) in [7, 11) is -1.90. The van der Waals surface area contributed by atoms with Gasteiger partial charge in [0.1, 0.15) is 13.1 Å². The number of nitriles is 1. The molecule has 1 atom stereocenters. The van der Waals surface area contributed by atoms with E-state index in [1.807, 2.05) is 42.2 Å². The number of amides is 1. The molecule has 1 fully saturated rings. The summed E-state index contributed by atoms with van der Waals surface area (Å²) in [6, 6.07) is 18.9.